The lowest BCUT2D eigenvalue weighted by molar-refractivity contribution is -0.130. The molecule has 25 heavy (non-hydrogen) atoms. The third kappa shape index (κ3) is 4.02. The van der Waals surface area contributed by atoms with Gasteiger partial charge in [0.15, 0.2) is 5.82 Å². The Hall–Kier alpha value is -2.76. The van der Waals surface area contributed by atoms with Crippen molar-refractivity contribution in [1.82, 2.24) is 9.88 Å². The summed E-state index contributed by atoms with van der Waals surface area (Å²) in [6, 6.07) is 10.2. The van der Waals surface area contributed by atoms with Gasteiger partial charge in [0.2, 0.25) is 5.91 Å². The maximum absolute atomic E-state index is 14.0. The van der Waals surface area contributed by atoms with Crippen molar-refractivity contribution in [2.45, 2.75) is 19.3 Å². The van der Waals surface area contributed by atoms with Crippen LogP contribution < -0.4 is 4.90 Å². The van der Waals surface area contributed by atoms with E-state index in [1.54, 1.807) is 29.2 Å². The van der Waals surface area contributed by atoms with Crippen molar-refractivity contribution in [1.29, 1.82) is 0 Å². The highest BCUT2D eigenvalue weighted by Crippen LogP contribution is 2.19. The molecule has 1 aromatic heterocycles. The first kappa shape index (κ1) is 17.1. The molecule has 1 aliphatic heterocycles. The summed E-state index contributed by atoms with van der Waals surface area (Å²) >= 11 is 0. The summed E-state index contributed by atoms with van der Waals surface area (Å²) in [5, 5.41) is 0. The number of para-hydroxylation sites is 1. The molecule has 130 valence electrons. The molecule has 6 heteroatoms. The molecule has 2 aromatic rings. The molecular formula is C19H20FN3O2. The normalized spacial score (nSPS) is 14.2. The van der Waals surface area contributed by atoms with Crippen LogP contribution in [0, 0.1) is 5.82 Å². The van der Waals surface area contributed by atoms with Crippen LogP contribution in [-0.2, 0) is 4.79 Å². The van der Waals surface area contributed by atoms with Crippen LogP contribution in [0.2, 0.25) is 0 Å². The molecule has 5 nitrogen and oxygen atoms in total. The Morgan fingerprint density at radius 2 is 1.80 bits per heavy atom. The SMILES string of the molecule is O=C(CN(C(=O)c1ccncc1F)c1ccccc1)N1CCCCC1. The van der Waals surface area contributed by atoms with Crippen molar-refractivity contribution in [3.8, 4) is 0 Å². The van der Waals surface area contributed by atoms with E-state index in [0.29, 0.717) is 18.8 Å². The molecular weight excluding hydrogens is 321 g/mol. The lowest BCUT2D eigenvalue weighted by atomic mass is 10.1. The van der Waals surface area contributed by atoms with Crippen molar-refractivity contribution >= 4 is 17.5 Å². The highest BCUT2D eigenvalue weighted by molar-refractivity contribution is 6.08. The molecule has 0 atom stereocenters. The van der Waals surface area contributed by atoms with Gasteiger partial charge >= 0.3 is 0 Å². The van der Waals surface area contributed by atoms with Crippen molar-refractivity contribution in [3.05, 3.63) is 60.2 Å². The van der Waals surface area contributed by atoms with Gasteiger partial charge in [-0.2, -0.15) is 0 Å². The molecule has 3 rings (SSSR count). The number of carbonyl (C=O) groups excluding carboxylic acids is 2. The van der Waals surface area contributed by atoms with E-state index in [4.69, 9.17) is 0 Å². The highest BCUT2D eigenvalue weighted by Gasteiger charge is 2.26. The lowest BCUT2D eigenvalue weighted by Crippen LogP contribution is -2.45. The summed E-state index contributed by atoms with van der Waals surface area (Å²) < 4.78 is 14.0. The van der Waals surface area contributed by atoms with E-state index in [1.807, 2.05) is 6.07 Å². The van der Waals surface area contributed by atoms with Crippen LogP contribution in [0.25, 0.3) is 0 Å². The van der Waals surface area contributed by atoms with Gasteiger partial charge in [-0.05, 0) is 37.5 Å². The number of likely N-dealkylation sites (tertiary alicyclic amines) is 1. The Morgan fingerprint density at radius 1 is 1.08 bits per heavy atom. The first-order valence-electron chi connectivity index (χ1n) is 8.41. The third-order valence-corrected chi connectivity index (χ3v) is 4.32. The van der Waals surface area contributed by atoms with Gasteiger partial charge in [-0.3, -0.25) is 19.5 Å². The number of rotatable bonds is 4. The fourth-order valence-corrected chi connectivity index (χ4v) is 2.96. The van der Waals surface area contributed by atoms with Gasteiger partial charge < -0.3 is 4.90 Å². The number of benzene rings is 1. The minimum atomic E-state index is -0.696. The molecule has 1 fully saturated rings. The Morgan fingerprint density at radius 3 is 2.48 bits per heavy atom. The lowest BCUT2D eigenvalue weighted by Gasteiger charge is -2.30. The highest BCUT2D eigenvalue weighted by atomic mass is 19.1. The number of nitrogens with zero attached hydrogens (tertiary/aromatic N) is 3. The van der Waals surface area contributed by atoms with E-state index in [0.717, 1.165) is 25.5 Å². The second-order valence-electron chi connectivity index (χ2n) is 6.02. The van der Waals surface area contributed by atoms with Gasteiger partial charge in [0, 0.05) is 25.0 Å². The fraction of sp³-hybridized carbons (Fsp3) is 0.316. The predicted molar refractivity (Wildman–Crippen MR) is 92.7 cm³/mol. The minimum Gasteiger partial charge on any atom is -0.341 e. The molecule has 0 N–H and O–H groups in total. The average molecular weight is 341 g/mol. The Bertz CT molecular complexity index is 745. The Balaban J connectivity index is 1.86. The van der Waals surface area contributed by atoms with Gasteiger partial charge in [0.25, 0.3) is 5.91 Å². The van der Waals surface area contributed by atoms with Crippen molar-refractivity contribution in [2.24, 2.45) is 0 Å². The predicted octanol–water partition coefficient (Wildman–Crippen LogP) is 2.88. The largest absolute Gasteiger partial charge is 0.341 e. The second-order valence-corrected chi connectivity index (χ2v) is 6.02. The number of halogens is 1. The standard InChI is InChI=1S/C19H20FN3O2/c20-17-13-21-10-9-16(17)19(25)23(15-7-3-1-4-8-15)14-18(24)22-11-5-2-6-12-22/h1,3-4,7-10,13H,2,5-6,11-12,14H2. The van der Waals surface area contributed by atoms with Crippen LogP contribution in [0.4, 0.5) is 10.1 Å². The zero-order valence-electron chi connectivity index (χ0n) is 13.9. The molecule has 1 saturated heterocycles. The molecule has 0 radical (unpaired) electrons. The number of hydrogen-bond donors (Lipinski definition) is 0. The smallest absolute Gasteiger partial charge is 0.261 e. The summed E-state index contributed by atoms with van der Waals surface area (Å²) in [5.74, 6) is -1.36. The van der Waals surface area contributed by atoms with Crippen LogP contribution in [-0.4, -0.2) is 41.3 Å². The number of amides is 2. The number of pyridine rings is 1. The first-order valence-corrected chi connectivity index (χ1v) is 8.41. The van der Waals surface area contributed by atoms with Gasteiger partial charge in [-0.25, -0.2) is 4.39 Å². The van der Waals surface area contributed by atoms with E-state index in [-0.39, 0.29) is 18.0 Å². The second kappa shape index (κ2) is 7.88. The summed E-state index contributed by atoms with van der Waals surface area (Å²) in [7, 11) is 0. The van der Waals surface area contributed by atoms with E-state index >= 15 is 0 Å². The van der Waals surface area contributed by atoms with Crippen molar-refractivity contribution in [2.75, 3.05) is 24.5 Å². The number of aromatic nitrogens is 1. The number of carbonyl (C=O) groups is 2. The molecule has 0 spiro atoms. The third-order valence-electron chi connectivity index (χ3n) is 4.32. The number of piperidine rings is 1. The Labute approximate surface area is 146 Å². The molecule has 1 aromatic carbocycles. The maximum atomic E-state index is 14.0. The van der Waals surface area contributed by atoms with Gasteiger partial charge in [0.1, 0.15) is 6.54 Å². The maximum Gasteiger partial charge on any atom is 0.261 e. The molecule has 1 aliphatic rings. The molecule has 2 amide bonds. The molecule has 0 unspecified atom stereocenters. The van der Waals surface area contributed by atoms with Crippen LogP contribution in [0.5, 0.6) is 0 Å². The summed E-state index contributed by atoms with van der Waals surface area (Å²) in [6.07, 6.45) is 5.44. The van der Waals surface area contributed by atoms with E-state index in [9.17, 15) is 14.0 Å². The average Bonchev–Trinajstić information content (AvgIpc) is 2.67. The Kier molecular flexibility index (Phi) is 5.38. The van der Waals surface area contributed by atoms with Gasteiger partial charge in [-0.1, -0.05) is 18.2 Å². The van der Waals surface area contributed by atoms with E-state index < -0.39 is 11.7 Å². The zero-order chi connectivity index (χ0) is 17.6. The van der Waals surface area contributed by atoms with Crippen LogP contribution >= 0.6 is 0 Å². The number of anilines is 1. The van der Waals surface area contributed by atoms with E-state index in [1.165, 1.54) is 17.2 Å². The molecule has 2 heterocycles. The number of hydrogen-bond acceptors (Lipinski definition) is 3. The van der Waals surface area contributed by atoms with Crippen LogP contribution in [0.1, 0.15) is 29.6 Å². The van der Waals surface area contributed by atoms with Crippen molar-refractivity contribution in [3.63, 3.8) is 0 Å². The van der Waals surface area contributed by atoms with Gasteiger partial charge in [0.05, 0.1) is 11.8 Å². The summed E-state index contributed by atoms with van der Waals surface area (Å²) in [4.78, 5) is 32.3. The topological polar surface area (TPSA) is 53.5 Å². The van der Waals surface area contributed by atoms with Crippen molar-refractivity contribution < 1.29 is 14.0 Å². The monoisotopic (exact) mass is 341 g/mol. The quantitative estimate of drug-likeness (QED) is 0.859. The summed E-state index contributed by atoms with van der Waals surface area (Å²) in [5.41, 5.74) is 0.472. The first-order chi connectivity index (χ1) is 12.2. The van der Waals surface area contributed by atoms with Crippen LogP contribution in [0.3, 0.4) is 0 Å². The molecule has 0 bridgehead atoms. The molecule has 0 saturated carbocycles. The summed E-state index contributed by atoms with van der Waals surface area (Å²) in [6.45, 7) is 1.31. The fourth-order valence-electron chi connectivity index (χ4n) is 2.96. The van der Waals surface area contributed by atoms with E-state index in [2.05, 4.69) is 4.98 Å². The van der Waals surface area contributed by atoms with Gasteiger partial charge in [-0.15, -0.1) is 0 Å². The van der Waals surface area contributed by atoms with Crippen LogP contribution in [0.15, 0.2) is 48.8 Å². The minimum absolute atomic E-state index is 0.0923. The zero-order valence-corrected chi connectivity index (χ0v) is 13.9. The molecule has 0 aliphatic carbocycles.